The van der Waals surface area contributed by atoms with Crippen LogP contribution in [-0.2, 0) is 11.3 Å². The molecule has 0 unspecified atom stereocenters. The second kappa shape index (κ2) is 5.03. The second-order valence-corrected chi connectivity index (χ2v) is 3.76. The molecule has 4 heteroatoms. The van der Waals surface area contributed by atoms with Crippen LogP contribution in [0.5, 0.6) is 5.75 Å². The Morgan fingerprint density at radius 3 is 2.73 bits per heavy atom. The number of amides is 1. The summed E-state index contributed by atoms with van der Waals surface area (Å²) in [7, 11) is 1.60. The quantitative estimate of drug-likeness (QED) is 0.861. The fourth-order valence-electron chi connectivity index (χ4n) is 1.44. The van der Waals surface area contributed by atoms with Gasteiger partial charge in [0.1, 0.15) is 5.75 Å². The molecule has 0 aromatic heterocycles. The van der Waals surface area contributed by atoms with Crippen LogP contribution < -0.4 is 10.1 Å². The molecule has 0 spiro atoms. The minimum absolute atomic E-state index is 0.0744. The number of hydrogen-bond donors (Lipinski definition) is 1. The number of carbonyl (C=O) groups excluding carboxylic acids is 1. The van der Waals surface area contributed by atoms with Gasteiger partial charge in [-0.1, -0.05) is 11.6 Å². The standard InChI is InChI=1S/C11H14ClNO2/c1-7-4-10(12)5-9(11(7)15-3)6-13-8(2)14/h4-5H,6H2,1-3H3,(H,13,14). The summed E-state index contributed by atoms with van der Waals surface area (Å²) in [6, 6.07) is 3.63. The third-order valence-electron chi connectivity index (χ3n) is 2.05. The van der Waals surface area contributed by atoms with Gasteiger partial charge in [-0.3, -0.25) is 4.79 Å². The summed E-state index contributed by atoms with van der Waals surface area (Å²) in [4.78, 5) is 10.8. The smallest absolute Gasteiger partial charge is 0.217 e. The molecule has 0 atom stereocenters. The summed E-state index contributed by atoms with van der Waals surface area (Å²) in [5.74, 6) is 0.697. The number of nitrogens with one attached hydrogen (secondary N) is 1. The van der Waals surface area contributed by atoms with E-state index in [0.29, 0.717) is 11.6 Å². The number of carbonyl (C=O) groups is 1. The van der Waals surface area contributed by atoms with Crippen molar-refractivity contribution in [1.29, 1.82) is 0 Å². The van der Waals surface area contributed by atoms with Crippen LogP contribution in [0.4, 0.5) is 0 Å². The van der Waals surface area contributed by atoms with E-state index < -0.39 is 0 Å². The molecule has 0 bridgehead atoms. The molecule has 0 heterocycles. The van der Waals surface area contributed by atoms with E-state index in [2.05, 4.69) is 5.32 Å². The number of ether oxygens (including phenoxy) is 1. The van der Waals surface area contributed by atoms with E-state index in [4.69, 9.17) is 16.3 Å². The van der Waals surface area contributed by atoms with E-state index in [1.165, 1.54) is 6.92 Å². The number of benzene rings is 1. The monoisotopic (exact) mass is 227 g/mol. The van der Waals surface area contributed by atoms with Gasteiger partial charge in [0, 0.05) is 24.1 Å². The highest BCUT2D eigenvalue weighted by atomic mass is 35.5. The number of rotatable bonds is 3. The molecule has 0 aliphatic rings. The van der Waals surface area contributed by atoms with Crippen molar-refractivity contribution < 1.29 is 9.53 Å². The Kier molecular flexibility index (Phi) is 3.97. The Morgan fingerprint density at radius 1 is 1.53 bits per heavy atom. The summed E-state index contributed by atoms with van der Waals surface area (Å²) in [5.41, 5.74) is 1.85. The highest BCUT2D eigenvalue weighted by molar-refractivity contribution is 6.30. The van der Waals surface area contributed by atoms with Crippen molar-refractivity contribution in [3.8, 4) is 5.75 Å². The molecule has 1 aromatic rings. The molecule has 0 aliphatic heterocycles. The molecule has 82 valence electrons. The molecule has 1 rings (SSSR count). The Morgan fingerprint density at radius 2 is 2.20 bits per heavy atom. The molecule has 0 saturated carbocycles. The second-order valence-electron chi connectivity index (χ2n) is 3.32. The van der Waals surface area contributed by atoms with Crippen molar-refractivity contribution in [3.05, 3.63) is 28.3 Å². The van der Waals surface area contributed by atoms with E-state index in [-0.39, 0.29) is 5.91 Å². The largest absolute Gasteiger partial charge is 0.496 e. The minimum atomic E-state index is -0.0744. The van der Waals surface area contributed by atoms with Gasteiger partial charge in [-0.05, 0) is 24.6 Å². The van der Waals surface area contributed by atoms with Crippen LogP contribution in [0.15, 0.2) is 12.1 Å². The summed E-state index contributed by atoms with van der Waals surface area (Å²) < 4.78 is 5.25. The summed E-state index contributed by atoms with van der Waals surface area (Å²) in [6.07, 6.45) is 0. The van der Waals surface area contributed by atoms with Gasteiger partial charge in [-0.15, -0.1) is 0 Å². The third-order valence-corrected chi connectivity index (χ3v) is 2.27. The maximum atomic E-state index is 10.8. The van der Waals surface area contributed by atoms with Crippen LogP contribution in [-0.4, -0.2) is 13.0 Å². The molecule has 0 saturated heterocycles. The SMILES string of the molecule is COc1c(C)cc(Cl)cc1CNC(C)=O. The molecule has 0 radical (unpaired) electrons. The zero-order valence-electron chi connectivity index (χ0n) is 9.06. The topological polar surface area (TPSA) is 38.3 Å². The first kappa shape index (κ1) is 11.9. The fourth-order valence-corrected chi connectivity index (χ4v) is 1.74. The molecule has 0 fully saturated rings. The maximum absolute atomic E-state index is 10.8. The molecular weight excluding hydrogens is 214 g/mol. The number of aryl methyl sites for hydroxylation is 1. The lowest BCUT2D eigenvalue weighted by atomic mass is 10.1. The van der Waals surface area contributed by atoms with Crippen molar-refractivity contribution in [2.24, 2.45) is 0 Å². The first-order valence-electron chi connectivity index (χ1n) is 4.62. The average Bonchev–Trinajstić information content (AvgIpc) is 2.13. The van der Waals surface area contributed by atoms with Crippen molar-refractivity contribution in [2.75, 3.05) is 7.11 Å². The molecule has 1 N–H and O–H groups in total. The Bertz CT molecular complexity index is 377. The van der Waals surface area contributed by atoms with Crippen molar-refractivity contribution in [1.82, 2.24) is 5.32 Å². The normalized spacial score (nSPS) is 9.87. The van der Waals surface area contributed by atoms with Gasteiger partial charge < -0.3 is 10.1 Å². The van der Waals surface area contributed by atoms with E-state index in [0.717, 1.165) is 16.9 Å². The van der Waals surface area contributed by atoms with Gasteiger partial charge in [-0.25, -0.2) is 0 Å². The lowest BCUT2D eigenvalue weighted by Crippen LogP contribution is -2.19. The lowest BCUT2D eigenvalue weighted by molar-refractivity contribution is -0.119. The Balaban J connectivity index is 2.98. The van der Waals surface area contributed by atoms with Crippen LogP contribution in [0.25, 0.3) is 0 Å². The highest BCUT2D eigenvalue weighted by Crippen LogP contribution is 2.27. The Hall–Kier alpha value is -1.22. The molecule has 1 amide bonds. The zero-order valence-corrected chi connectivity index (χ0v) is 9.81. The van der Waals surface area contributed by atoms with E-state index in [9.17, 15) is 4.79 Å². The predicted octanol–water partition coefficient (Wildman–Crippen LogP) is 2.29. The molecule has 15 heavy (non-hydrogen) atoms. The van der Waals surface area contributed by atoms with Crippen LogP contribution in [0, 0.1) is 6.92 Å². The van der Waals surface area contributed by atoms with Gasteiger partial charge in [0.15, 0.2) is 0 Å². The average molecular weight is 228 g/mol. The predicted molar refractivity (Wildman–Crippen MR) is 60.3 cm³/mol. The Labute approximate surface area is 94.4 Å². The summed E-state index contributed by atoms with van der Waals surface area (Å²) in [5, 5.41) is 3.36. The highest BCUT2D eigenvalue weighted by Gasteiger charge is 2.08. The van der Waals surface area contributed by atoms with Gasteiger partial charge in [0.05, 0.1) is 7.11 Å². The van der Waals surface area contributed by atoms with E-state index in [1.54, 1.807) is 13.2 Å². The van der Waals surface area contributed by atoms with Crippen molar-refractivity contribution in [2.45, 2.75) is 20.4 Å². The third kappa shape index (κ3) is 3.13. The van der Waals surface area contributed by atoms with Gasteiger partial charge in [0.2, 0.25) is 5.91 Å². The maximum Gasteiger partial charge on any atom is 0.217 e. The van der Waals surface area contributed by atoms with Crippen LogP contribution in [0.3, 0.4) is 0 Å². The molecule has 1 aromatic carbocycles. The number of methoxy groups -OCH3 is 1. The minimum Gasteiger partial charge on any atom is -0.496 e. The van der Waals surface area contributed by atoms with Crippen LogP contribution in [0.1, 0.15) is 18.1 Å². The van der Waals surface area contributed by atoms with E-state index >= 15 is 0 Å². The molecule has 0 aliphatic carbocycles. The summed E-state index contributed by atoms with van der Waals surface area (Å²) in [6.45, 7) is 3.83. The van der Waals surface area contributed by atoms with Gasteiger partial charge in [0.25, 0.3) is 0 Å². The summed E-state index contributed by atoms with van der Waals surface area (Å²) >= 11 is 5.93. The van der Waals surface area contributed by atoms with Gasteiger partial charge in [-0.2, -0.15) is 0 Å². The fraction of sp³-hybridized carbons (Fsp3) is 0.364. The van der Waals surface area contributed by atoms with Crippen molar-refractivity contribution >= 4 is 17.5 Å². The first-order valence-corrected chi connectivity index (χ1v) is 5.00. The zero-order chi connectivity index (χ0) is 11.4. The van der Waals surface area contributed by atoms with Gasteiger partial charge >= 0.3 is 0 Å². The van der Waals surface area contributed by atoms with Crippen molar-refractivity contribution in [3.63, 3.8) is 0 Å². The van der Waals surface area contributed by atoms with Crippen LogP contribution >= 0.6 is 11.6 Å². The van der Waals surface area contributed by atoms with E-state index in [1.807, 2.05) is 13.0 Å². The molecular formula is C11H14ClNO2. The lowest BCUT2D eigenvalue weighted by Gasteiger charge is -2.12. The number of halogens is 1. The molecule has 3 nitrogen and oxygen atoms in total. The first-order chi connectivity index (χ1) is 7.04. The number of hydrogen-bond acceptors (Lipinski definition) is 2. The van der Waals surface area contributed by atoms with Crippen LogP contribution in [0.2, 0.25) is 5.02 Å².